The van der Waals surface area contributed by atoms with Gasteiger partial charge in [-0.2, -0.15) is 23.5 Å². The van der Waals surface area contributed by atoms with Crippen molar-refractivity contribution in [1.82, 2.24) is 14.8 Å². The second kappa shape index (κ2) is 7.36. The van der Waals surface area contributed by atoms with E-state index < -0.39 is 17.6 Å². The Kier molecular flexibility index (Phi) is 4.71. The van der Waals surface area contributed by atoms with Crippen molar-refractivity contribution >= 4 is 22.6 Å². The van der Waals surface area contributed by atoms with E-state index in [-0.39, 0.29) is 23.5 Å². The number of alkyl halides is 3. The van der Waals surface area contributed by atoms with E-state index in [0.717, 1.165) is 12.1 Å². The Hall–Kier alpha value is -4.13. The smallest absolute Gasteiger partial charge is 0.416 e. The number of carbonyl (C=O) groups excluding carboxylic acids is 1. The van der Waals surface area contributed by atoms with Crippen LogP contribution in [0.4, 0.5) is 19.0 Å². The molecule has 0 aliphatic carbocycles. The SMILES string of the molecule is N#Cc1cncc2c1c(NC(=O)c1ccoc1)nn2Cc1ccc(C(F)(F)F)cc1. The van der Waals surface area contributed by atoms with Crippen molar-refractivity contribution in [3.8, 4) is 6.07 Å². The van der Waals surface area contributed by atoms with Gasteiger partial charge in [0.25, 0.3) is 5.91 Å². The van der Waals surface area contributed by atoms with Gasteiger partial charge in [0.05, 0.1) is 46.6 Å². The number of hydrogen-bond acceptors (Lipinski definition) is 5. The lowest BCUT2D eigenvalue weighted by atomic mass is 10.1. The summed E-state index contributed by atoms with van der Waals surface area (Å²) in [6.07, 6.45) is 1.01. The van der Waals surface area contributed by atoms with Crippen LogP contribution in [-0.2, 0) is 12.7 Å². The van der Waals surface area contributed by atoms with Crippen LogP contribution in [0.1, 0.15) is 27.0 Å². The number of benzene rings is 1. The zero-order valence-corrected chi connectivity index (χ0v) is 15.1. The molecule has 3 heterocycles. The summed E-state index contributed by atoms with van der Waals surface area (Å²) in [4.78, 5) is 16.4. The van der Waals surface area contributed by atoms with E-state index in [9.17, 15) is 23.2 Å². The van der Waals surface area contributed by atoms with Crippen LogP contribution in [0, 0.1) is 11.3 Å². The van der Waals surface area contributed by atoms with Crippen molar-refractivity contribution in [1.29, 1.82) is 5.26 Å². The highest BCUT2D eigenvalue weighted by atomic mass is 19.4. The van der Waals surface area contributed by atoms with Crippen LogP contribution in [0.25, 0.3) is 10.9 Å². The summed E-state index contributed by atoms with van der Waals surface area (Å²) in [7, 11) is 0. The zero-order chi connectivity index (χ0) is 21.3. The van der Waals surface area contributed by atoms with Gasteiger partial charge < -0.3 is 9.73 Å². The molecule has 0 atom stereocenters. The van der Waals surface area contributed by atoms with Crippen molar-refractivity contribution in [2.75, 3.05) is 5.32 Å². The second-order valence-corrected chi connectivity index (χ2v) is 6.36. The fraction of sp³-hybridized carbons (Fsp3) is 0.100. The molecule has 0 aliphatic heterocycles. The summed E-state index contributed by atoms with van der Waals surface area (Å²) in [6, 6.07) is 8.16. The van der Waals surface area contributed by atoms with E-state index in [4.69, 9.17) is 4.42 Å². The van der Waals surface area contributed by atoms with Crippen LogP contribution >= 0.6 is 0 Å². The molecule has 0 bridgehead atoms. The van der Waals surface area contributed by atoms with E-state index in [0.29, 0.717) is 16.5 Å². The Morgan fingerprint density at radius 3 is 2.60 bits per heavy atom. The normalized spacial score (nSPS) is 11.4. The molecular weight excluding hydrogens is 399 g/mol. The molecule has 0 fully saturated rings. The standard InChI is InChI=1S/C20H12F3N5O2/c21-20(22,23)15-3-1-12(2-4-15)10-28-16-9-25-8-14(7-24)17(16)18(27-28)26-19(29)13-5-6-30-11-13/h1-6,8-9,11H,10H2,(H,26,27,29). The third-order valence-electron chi connectivity index (χ3n) is 4.41. The van der Waals surface area contributed by atoms with Crippen LogP contribution in [0.15, 0.2) is 59.7 Å². The quantitative estimate of drug-likeness (QED) is 0.543. The molecule has 30 heavy (non-hydrogen) atoms. The highest BCUT2D eigenvalue weighted by molar-refractivity contribution is 6.08. The van der Waals surface area contributed by atoms with Gasteiger partial charge in [-0.3, -0.25) is 14.5 Å². The monoisotopic (exact) mass is 411 g/mol. The summed E-state index contributed by atoms with van der Waals surface area (Å²) in [6.45, 7) is 0.118. The van der Waals surface area contributed by atoms with Crippen LogP contribution in [0.2, 0.25) is 0 Å². The zero-order valence-electron chi connectivity index (χ0n) is 15.1. The minimum absolute atomic E-state index is 0.118. The number of nitrogens with one attached hydrogen (secondary N) is 1. The average molecular weight is 411 g/mol. The number of amides is 1. The van der Waals surface area contributed by atoms with Crippen molar-refractivity contribution in [3.05, 3.63) is 77.5 Å². The lowest BCUT2D eigenvalue weighted by Gasteiger charge is -2.08. The van der Waals surface area contributed by atoms with Gasteiger partial charge in [-0.05, 0) is 23.8 Å². The van der Waals surface area contributed by atoms with Crippen LogP contribution in [-0.4, -0.2) is 20.7 Å². The van der Waals surface area contributed by atoms with Gasteiger partial charge in [0, 0.05) is 6.20 Å². The maximum atomic E-state index is 12.8. The first-order valence-electron chi connectivity index (χ1n) is 8.61. The van der Waals surface area contributed by atoms with Crippen molar-refractivity contribution in [2.45, 2.75) is 12.7 Å². The fourth-order valence-electron chi connectivity index (χ4n) is 2.96. The average Bonchev–Trinajstić information content (AvgIpc) is 3.37. The lowest BCUT2D eigenvalue weighted by Crippen LogP contribution is -2.12. The van der Waals surface area contributed by atoms with Gasteiger partial charge in [-0.15, -0.1) is 0 Å². The number of nitriles is 1. The Morgan fingerprint density at radius 1 is 1.20 bits per heavy atom. The van der Waals surface area contributed by atoms with E-state index in [1.165, 1.54) is 47.8 Å². The number of aromatic nitrogens is 3. The predicted octanol–water partition coefficient (Wildman–Crippen LogP) is 4.22. The first-order valence-corrected chi connectivity index (χ1v) is 8.61. The minimum atomic E-state index is -4.42. The number of furan rings is 1. The third-order valence-corrected chi connectivity index (χ3v) is 4.41. The summed E-state index contributed by atoms with van der Waals surface area (Å²) >= 11 is 0. The molecule has 0 saturated heterocycles. The highest BCUT2D eigenvalue weighted by Gasteiger charge is 2.30. The van der Waals surface area contributed by atoms with Gasteiger partial charge in [0.15, 0.2) is 5.82 Å². The minimum Gasteiger partial charge on any atom is -0.472 e. The van der Waals surface area contributed by atoms with Crippen molar-refractivity contribution < 1.29 is 22.4 Å². The molecular formula is C20H12F3N5O2. The number of nitrogens with zero attached hydrogens (tertiary/aromatic N) is 4. The van der Waals surface area contributed by atoms with Crippen LogP contribution < -0.4 is 5.32 Å². The van der Waals surface area contributed by atoms with Gasteiger partial charge >= 0.3 is 6.18 Å². The van der Waals surface area contributed by atoms with Gasteiger partial charge in [0.2, 0.25) is 0 Å². The number of halogens is 3. The van der Waals surface area contributed by atoms with Crippen molar-refractivity contribution in [3.63, 3.8) is 0 Å². The van der Waals surface area contributed by atoms with Gasteiger partial charge in [0.1, 0.15) is 12.3 Å². The molecule has 10 heteroatoms. The first kappa shape index (κ1) is 19.2. The number of rotatable bonds is 4. The Bertz CT molecular complexity index is 1250. The fourth-order valence-corrected chi connectivity index (χ4v) is 2.96. The molecule has 150 valence electrons. The van der Waals surface area contributed by atoms with Gasteiger partial charge in [-0.1, -0.05) is 12.1 Å². The van der Waals surface area contributed by atoms with E-state index in [1.54, 1.807) is 0 Å². The van der Waals surface area contributed by atoms with E-state index in [2.05, 4.69) is 15.4 Å². The molecule has 0 aliphatic rings. The summed E-state index contributed by atoms with van der Waals surface area (Å²) in [5.74, 6) is -0.340. The lowest BCUT2D eigenvalue weighted by molar-refractivity contribution is -0.137. The molecule has 3 aromatic heterocycles. The molecule has 0 spiro atoms. The van der Waals surface area contributed by atoms with Crippen LogP contribution in [0.5, 0.6) is 0 Å². The summed E-state index contributed by atoms with van der Waals surface area (Å²) in [5.41, 5.74) is 0.735. The molecule has 0 radical (unpaired) electrons. The maximum absolute atomic E-state index is 12.8. The number of pyridine rings is 1. The molecule has 4 rings (SSSR count). The van der Waals surface area contributed by atoms with E-state index in [1.807, 2.05) is 6.07 Å². The topological polar surface area (TPSA) is 96.7 Å². The molecule has 7 nitrogen and oxygen atoms in total. The molecule has 1 amide bonds. The Labute approximate surface area is 167 Å². The van der Waals surface area contributed by atoms with Gasteiger partial charge in [-0.25, -0.2) is 0 Å². The first-order chi connectivity index (χ1) is 14.4. The number of fused-ring (bicyclic) bond motifs is 1. The van der Waals surface area contributed by atoms with E-state index >= 15 is 0 Å². The molecule has 1 N–H and O–H groups in total. The molecule has 4 aromatic rings. The predicted molar refractivity (Wildman–Crippen MR) is 99.5 cm³/mol. The number of carbonyl (C=O) groups is 1. The van der Waals surface area contributed by atoms with Crippen molar-refractivity contribution in [2.24, 2.45) is 0 Å². The highest BCUT2D eigenvalue weighted by Crippen LogP contribution is 2.30. The summed E-state index contributed by atoms with van der Waals surface area (Å²) < 4.78 is 44.7. The second-order valence-electron chi connectivity index (χ2n) is 6.36. The molecule has 1 aromatic carbocycles. The summed E-state index contributed by atoms with van der Waals surface area (Å²) in [5, 5.41) is 16.8. The molecule has 0 saturated carbocycles. The molecule has 0 unspecified atom stereocenters. The maximum Gasteiger partial charge on any atom is 0.416 e. The Morgan fingerprint density at radius 2 is 1.97 bits per heavy atom. The third kappa shape index (κ3) is 3.60. The van der Waals surface area contributed by atoms with Crippen LogP contribution in [0.3, 0.4) is 0 Å². The number of anilines is 1. The Balaban J connectivity index is 1.72. The largest absolute Gasteiger partial charge is 0.472 e. The number of hydrogen-bond donors (Lipinski definition) is 1.